The Bertz CT molecular complexity index is 605. The minimum atomic E-state index is 0.0570. The molecule has 1 aromatic carbocycles. The van der Waals surface area contributed by atoms with Crippen LogP contribution >= 0.6 is 0 Å². The maximum absolute atomic E-state index is 6.19. The van der Waals surface area contributed by atoms with Gasteiger partial charge in [0, 0.05) is 37.9 Å². The van der Waals surface area contributed by atoms with E-state index in [1.807, 2.05) is 0 Å². The maximum Gasteiger partial charge on any atom is 0.0889 e. The highest BCUT2D eigenvalue weighted by Crippen LogP contribution is 2.35. The van der Waals surface area contributed by atoms with Crippen LogP contribution in [0.25, 0.3) is 0 Å². The predicted octanol–water partition coefficient (Wildman–Crippen LogP) is 4.17. The van der Waals surface area contributed by atoms with Crippen molar-refractivity contribution in [2.24, 2.45) is 0 Å². The van der Waals surface area contributed by atoms with Crippen molar-refractivity contribution in [1.29, 1.82) is 0 Å². The van der Waals surface area contributed by atoms with Crippen LogP contribution in [0, 0.1) is 6.92 Å². The van der Waals surface area contributed by atoms with Crippen molar-refractivity contribution >= 4 is 5.69 Å². The Balaban J connectivity index is 1.30. The molecule has 136 valence electrons. The molecule has 3 nitrogen and oxygen atoms in total. The summed E-state index contributed by atoms with van der Waals surface area (Å²) in [6, 6.07) is 9.76. The number of aryl methyl sites for hydroxylation is 1. The lowest BCUT2D eigenvalue weighted by atomic mass is 9.85. The van der Waals surface area contributed by atoms with Crippen LogP contribution < -0.4 is 4.90 Å². The number of hydrogen-bond donors (Lipinski definition) is 0. The van der Waals surface area contributed by atoms with Gasteiger partial charge in [0.1, 0.15) is 0 Å². The molecule has 3 aliphatic heterocycles. The SMILES string of the molecule is CC1=CC2(CCN(C3CCN(c4ccc(C)cc4)CC3)CC2)OCC1. The summed E-state index contributed by atoms with van der Waals surface area (Å²) in [6.45, 7) is 10.1. The second-order valence-electron chi connectivity index (χ2n) is 8.24. The van der Waals surface area contributed by atoms with Crippen LogP contribution in [0.1, 0.15) is 44.6 Å². The Morgan fingerprint density at radius 1 is 0.960 bits per heavy atom. The molecule has 0 bridgehead atoms. The van der Waals surface area contributed by atoms with E-state index in [1.54, 1.807) is 0 Å². The summed E-state index contributed by atoms with van der Waals surface area (Å²) in [5.74, 6) is 0. The van der Waals surface area contributed by atoms with E-state index in [0.29, 0.717) is 0 Å². The average molecular weight is 341 g/mol. The van der Waals surface area contributed by atoms with Gasteiger partial charge in [-0.15, -0.1) is 0 Å². The first kappa shape index (κ1) is 17.1. The fourth-order valence-electron chi connectivity index (χ4n) is 4.78. The summed E-state index contributed by atoms with van der Waals surface area (Å²) >= 11 is 0. The molecule has 1 aromatic rings. The molecule has 2 fully saturated rings. The quantitative estimate of drug-likeness (QED) is 0.752. The van der Waals surface area contributed by atoms with E-state index in [0.717, 1.165) is 19.1 Å². The van der Waals surface area contributed by atoms with Crippen LogP contribution in [0.4, 0.5) is 5.69 Å². The van der Waals surface area contributed by atoms with Gasteiger partial charge in [-0.3, -0.25) is 0 Å². The van der Waals surface area contributed by atoms with Crippen LogP contribution in [-0.4, -0.2) is 49.3 Å². The van der Waals surface area contributed by atoms with E-state index >= 15 is 0 Å². The largest absolute Gasteiger partial charge is 0.371 e. The van der Waals surface area contributed by atoms with Crippen LogP contribution in [0.15, 0.2) is 35.9 Å². The molecule has 2 saturated heterocycles. The number of anilines is 1. The molecular formula is C22H32N2O. The molecule has 0 radical (unpaired) electrons. The molecular weight excluding hydrogens is 308 g/mol. The van der Waals surface area contributed by atoms with Gasteiger partial charge in [-0.05, 0) is 58.1 Å². The zero-order valence-electron chi connectivity index (χ0n) is 15.8. The molecule has 4 rings (SSSR count). The highest BCUT2D eigenvalue weighted by atomic mass is 16.5. The van der Waals surface area contributed by atoms with Crippen molar-refractivity contribution in [2.45, 2.75) is 57.6 Å². The molecule has 3 heteroatoms. The monoisotopic (exact) mass is 340 g/mol. The molecule has 0 aromatic heterocycles. The summed E-state index contributed by atoms with van der Waals surface area (Å²) in [4.78, 5) is 5.29. The number of rotatable bonds is 2. The topological polar surface area (TPSA) is 15.7 Å². The van der Waals surface area contributed by atoms with Gasteiger partial charge in [0.15, 0.2) is 0 Å². The maximum atomic E-state index is 6.19. The summed E-state index contributed by atoms with van der Waals surface area (Å²) in [6.07, 6.45) is 8.45. The van der Waals surface area contributed by atoms with E-state index < -0.39 is 0 Å². The summed E-state index contributed by atoms with van der Waals surface area (Å²) in [7, 11) is 0. The summed E-state index contributed by atoms with van der Waals surface area (Å²) in [5, 5.41) is 0. The number of ether oxygens (including phenoxy) is 1. The Morgan fingerprint density at radius 3 is 2.28 bits per heavy atom. The van der Waals surface area contributed by atoms with Crippen LogP contribution in [-0.2, 0) is 4.74 Å². The lowest BCUT2D eigenvalue weighted by molar-refractivity contribution is -0.0639. The molecule has 0 unspecified atom stereocenters. The summed E-state index contributed by atoms with van der Waals surface area (Å²) < 4.78 is 6.19. The third-order valence-electron chi connectivity index (χ3n) is 6.42. The Kier molecular flexibility index (Phi) is 4.88. The van der Waals surface area contributed by atoms with Gasteiger partial charge in [-0.1, -0.05) is 29.3 Å². The molecule has 0 aliphatic carbocycles. The van der Waals surface area contributed by atoms with Gasteiger partial charge in [-0.25, -0.2) is 0 Å². The molecule has 1 spiro atoms. The fraction of sp³-hybridized carbons (Fsp3) is 0.636. The van der Waals surface area contributed by atoms with Gasteiger partial charge in [0.25, 0.3) is 0 Å². The van der Waals surface area contributed by atoms with Gasteiger partial charge < -0.3 is 14.5 Å². The zero-order chi connectivity index (χ0) is 17.3. The van der Waals surface area contributed by atoms with E-state index in [1.165, 1.54) is 68.7 Å². The minimum absolute atomic E-state index is 0.0570. The first-order valence-corrected chi connectivity index (χ1v) is 10.0. The number of likely N-dealkylation sites (tertiary alicyclic amines) is 1. The van der Waals surface area contributed by atoms with Crippen molar-refractivity contribution in [2.75, 3.05) is 37.7 Å². The van der Waals surface area contributed by atoms with Crippen LogP contribution in [0.2, 0.25) is 0 Å². The van der Waals surface area contributed by atoms with Crippen LogP contribution in [0.5, 0.6) is 0 Å². The molecule has 25 heavy (non-hydrogen) atoms. The van der Waals surface area contributed by atoms with Gasteiger partial charge >= 0.3 is 0 Å². The summed E-state index contributed by atoms with van der Waals surface area (Å²) in [5.41, 5.74) is 4.31. The second-order valence-corrected chi connectivity index (χ2v) is 8.24. The molecule has 3 aliphatic rings. The smallest absolute Gasteiger partial charge is 0.0889 e. The Morgan fingerprint density at radius 2 is 1.64 bits per heavy atom. The van der Waals surface area contributed by atoms with Gasteiger partial charge in [0.2, 0.25) is 0 Å². The Hall–Kier alpha value is -1.32. The van der Waals surface area contributed by atoms with Crippen molar-refractivity contribution in [1.82, 2.24) is 4.90 Å². The fourth-order valence-corrected chi connectivity index (χ4v) is 4.78. The molecule has 0 amide bonds. The van der Waals surface area contributed by atoms with Crippen molar-refractivity contribution in [3.05, 3.63) is 41.5 Å². The van der Waals surface area contributed by atoms with E-state index in [9.17, 15) is 0 Å². The highest BCUT2D eigenvalue weighted by Gasteiger charge is 2.37. The third kappa shape index (κ3) is 3.78. The van der Waals surface area contributed by atoms with Crippen LogP contribution in [0.3, 0.4) is 0 Å². The predicted molar refractivity (Wildman–Crippen MR) is 104 cm³/mol. The first-order chi connectivity index (χ1) is 12.1. The van der Waals surface area contributed by atoms with E-state index in [2.05, 4.69) is 54.0 Å². The number of hydrogen-bond acceptors (Lipinski definition) is 3. The first-order valence-electron chi connectivity index (χ1n) is 10.0. The lowest BCUT2D eigenvalue weighted by Crippen LogP contribution is -2.52. The molecule has 0 N–H and O–H groups in total. The average Bonchev–Trinajstić information content (AvgIpc) is 2.63. The molecule has 3 heterocycles. The molecule has 0 atom stereocenters. The minimum Gasteiger partial charge on any atom is -0.371 e. The normalized spacial score (nSPS) is 25.2. The third-order valence-corrected chi connectivity index (χ3v) is 6.42. The van der Waals surface area contributed by atoms with Crippen molar-refractivity contribution in [3.8, 4) is 0 Å². The van der Waals surface area contributed by atoms with E-state index in [-0.39, 0.29) is 5.60 Å². The molecule has 0 saturated carbocycles. The van der Waals surface area contributed by atoms with Gasteiger partial charge in [0.05, 0.1) is 12.2 Å². The lowest BCUT2D eigenvalue weighted by Gasteiger charge is -2.46. The second kappa shape index (κ2) is 7.13. The Labute approximate surface area is 152 Å². The number of nitrogens with zero attached hydrogens (tertiary/aromatic N) is 2. The number of piperidine rings is 2. The van der Waals surface area contributed by atoms with Crippen molar-refractivity contribution in [3.63, 3.8) is 0 Å². The standard InChI is InChI=1S/C22H32N2O/c1-18-3-5-20(6-4-18)23-12-7-21(8-13-23)24-14-10-22(11-15-24)17-19(2)9-16-25-22/h3-6,17,21H,7-16H2,1-2H3. The van der Waals surface area contributed by atoms with E-state index in [4.69, 9.17) is 4.74 Å². The highest BCUT2D eigenvalue weighted by molar-refractivity contribution is 5.47. The number of benzene rings is 1. The zero-order valence-corrected chi connectivity index (χ0v) is 15.8. The van der Waals surface area contributed by atoms with Crippen molar-refractivity contribution < 1.29 is 4.74 Å². The van der Waals surface area contributed by atoms with Gasteiger partial charge in [-0.2, -0.15) is 0 Å².